The third-order valence-electron chi connectivity index (χ3n) is 2.26. The Morgan fingerprint density at radius 3 is 2.71 bits per heavy atom. The van der Waals surface area contributed by atoms with E-state index in [1.54, 1.807) is 4.52 Å². The van der Waals surface area contributed by atoms with Gasteiger partial charge in [-0.25, -0.2) is 0 Å². The molecule has 0 fully saturated rings. The molecule has 2 aromatic rings. The Balaban J connectivity index is 2.32. The maximum Gasteiger partial charge on any atom is 0.303 e. The van der Waals surface area contributed by atoms with Crippen LogP contribution in [0.2, 0.25) is 0 Å². The Morgan fingerprint density at radius 1 is 1.41 bits per heavy atom. The SMILES string of the molecule is CC(C)(C)c1nnc2sc(CCC(=O)O)nn12. The topological polar surface area (TPSA) is 80.4 Å². The quantitative estimate of drug-likeness (QED) is 0.897. The molecule has 0 aliphatic carbocycles. The van der Waals surface area contributed by atoms with Crippen LogP contribution in [0.1, 0.15) is 38.0 Å². The molecule has 0 aromatic carbocycles. The lowest BCUT2D eigenvalue weighted by molar-refractivity contribution is -0.136. The molecule has 2 rings (SSSR count). The number of carboxylic acid groups (broad SMARTS) is 1. The Bertz CT molecular complexity index is 552. The molecule has 17 heavy (non-hydrogen) atoms. The zero-order valence-corrected chi connectivity index (χ0v) is 10.8. The van der Waals surface area contributed by atoms with Crippen LogP contribution < -0.4 is 0 Å². The normalized spacial score (nSPS) is 12.2. The van der Waals surface area contributed by atoms with E-state index in [0.717, 1.165) is 15.8 Å². The molecule has 0 spiro atoms. The summed E-state index contributed by atoms with van der Waals surface area (Å²) in [4.78, 5) is 11.2. The number of hydrogen-bond donors (Lipinski definition) is 1. The van der Waals surface area contributed by atoms with Crippen LogP contribution in [0.3, 0.4) is 0 Å². The number of aryl methyl sites for hydroxylation is 1. The highest BCUT2D eigenvalue weighted by Gasteiger charge is 2.23. The van der Waals surface area contributed by atoms with Crippen molar-refractivity contribution in [3.05, 3.63) is 10.8 Å². The maximum atomic E-state index is 10.5. The number of aromatic nitrogens is 4. The van der Waals surface area contributed by atoms with Gasteiger partial charge in [0.2, 0.25) is 4.96 Å². The van der Waals surface area contributed by atoms with Crippen LogP contribution in [0, 0.1) is 0 Å². The summed E-state index contributed by atoms with van der Waals surface area (Å²) in [5.74, 6) is -0.0164. The minimum absolute atomic E-state index is 0.0922. The number of nitrogens with zero attached hydrogens (tertiary/aromatic N) is 4. The van der Waals surface area contributed by atoms with Crippen LogP contribution in [0.4, 0.5) is 0 Å². The molecule has 6 nitrogen and oxygen atoms in total. The molecule has 7 heteroatoms. The van der Waals surface area contributed by atoms with Gasteiger partial charge in [-0.15, -0.1) is 10.2 Å². The van der Waals surface area contributed by atoms with Crippen LogP contribution in [0.15, 0.2) is 0 Å². The Morgan fingerprint density at radius 2 is 2.12 bits per heavy atom. The van der Waals surface area contributed by atoms with Crippen molar-refractivity contribution < 1.29 is 9.90 Å². The van der Waals surface area contributed by atoms with Gasteiger partial charge in [-0.2, -0.15) is 9.61 Å². The molecular weight excluding hydrogens is 240 g/mol. The lowest BCUT2D eigenvalue weighted by atomic mass is 9.96. The lowest BCUT2D eigenvalue weighted by Crippen LogP contribution is -2.16. The van der Waals surface area contributed by atoms with Crippen LogP contribution in [-0.2, 0) is 16.6 Å². The summed E-state index contributed by atoms with van der Waals surface area (Å²) >= 11 is 1.39. The van der Waals surface area contributed by atoms with Gasteiger partial charge >= 0.3 is 5.97 Å². The minimum Gasteiger partial charge on any atom is -0.481 e. The van der Waals surface area contributed by atoms with Gasteiger partial charge in [-0.1, -0.05) is 32.1 Å². The molecule has 2 heterocycles. The van der Waals surface area contributed by atoms with E-state index in [0.29, 0.717) is 6.42 Å². The maximum absolute atomic E-state index is 10.5. The van der Waals surface area contributed by atoms with Crippen molar-refractivity contribution in [2.75, 3.05) is 0 Å². The zero-order valence-electron chi connectivity index (χ0n) is 9.97. The first-order valence-electron chi connectivity index (χ1n) is 5.31. The van der Waals surface area contributed by atoms with Crippen molar-refractivity contribution >= 4 is 22.3 Å². The number of carbonyl (C=O) groups is 1. The molecule has 0 saturated heterocycles. The highest BCUT2D eigenvalue weighted by Crippen LogP contribution is 2.23. The number of hydrogen-bond acceptors (Lipinski definition) is 5. The molecule has 1 N–H and O–H groups in total. The van der Waals surface area contributed by atoms with Crippen molar-refractivity contribution in [2.45, 2.75) is 39.0 Å². The van der Waals surface area contributed by atoms with Crippen LogP contribution >= 0.6 is 11.3 Å². The molecule has 0 saturated carbocycles. The van der Waals surface area contributed by atoms with Gasteiger partial charge in [0.15, 0.2) is 5.82 Å². The fourth-order valence-corrected chi connectivity index (χ4v) is 2.27. The van der Waals surface area contributed by atoms with Gasteiger partial charge in [0, 0.05) is 11.8 Å². The number of carboxylic acids is 1. The summed E-state index contributed by atoms with van der Waals surface area (Å²) in [5.41, 5.74) is -0.127. The van der Waals surface area contributed by atoms with Crippen molar-refractivity contribution in [3.8, 4) is 0 Å². The second-order valence-corrected chi connectivity index (χ2v) is 5.90. The first-order valence-corrected chi connectivity index (χ1v) is 6.13. The van der Waals surface area contributed by atoms with E-state index in [1.165, 1.54) is 11.3 Å². The number of rotatable bonds is 3. The van der Waals surface area contributed by atoms with E-state index >= 15 is 0 Å². The Kier molecular flexibility index (Phi) is 2.86. The predicted octanol–water partition coefficient (Wildman–Crippen LogP) is 1.50. The fraction of sp³-hybridized carbons (Fsp3) is 0.600. The van der Waals surface area contributed by atoms with Gasteiger partial charge in [0.1, 0.15) is 5.01 Å². The average molecular weight is 254 g/mol. The standard InChI is InChI=1S/C10H14N4O2S/c1-10(2,3)8-11-12-9-14(8)13-6(17-9)4-5-7(15)16/h4-5H2,1-3H3,(H,15,16). The van der Waals surface area contributed by atoms with E-state index in [2.05, 4.69) is 15.3 Å². The Hall–Kier alpha value is -1.50. The number of fused-ring (bicyclic) bond motifs is 1. The molecule has 0 amide bonds. The second kappa shape index (κ2) is 4.06. The minimum atomic E-state index is -0.813. The third kappa shape index (κ3) is 2.44. The van der Waals surface area contributed by atoms with Crippen LogP contribution in [0.5, 0.6) is 0 Å². The van der Waals surface area contributed by atoms with Crippen molar-refractivity contribution in [3.63, 3.8) is 0 Å². The van der Waals surface area contributed by atoms with Gasteiger partial charge in [0.05, 0.1) is 6.42 Å². The van der Waals surface area contributed by atoms with E-state index in [-0.39, 0.29) is 11.8 Å². The van der Waals surface area contributed by atoms with Gasteiger partial charge < -0.3 is 5.11 Å². The van der Waals surface area contributed by atoms with E-state index in [4.69, 9.17) is 5.11 Å². The molecule has 0 aliphatic rings. The van der Waals surface area contributed by atoms with Crippen molar-refractivity contribution in [1.29, 1.82) is 0 Å². The smallest absolute Gasteiger partial charge is 0.303 e. The zero-order chi connectivity index (χ0) is 12.6. The first kappa shape index (κ1) is 12.0. The molecule has 0 atom stereocenters. The van der Waals surface area contributed by atoms with Gasteiger partial charge in [0.25, 0.3) is 0 Å². The summed E-state index contributed by atoms with van der Waals surface area (Å²) in [5, 5.41) is 21.9. The summed E-state index contributed by atoms with van der Waals surface area (Å²) in [7, 11) is 0. The summed E-state index contributed by atoms with van der Waals surface area (Å²) in [6, 6.07) is 0. The number of aliphatic carboxylic acids is 1. The van der Waals surface area contributed by atoms with Crippen LogP contribution in [0.25, 0.3) is 4.96 Å². The molecule has 0 unspecified atom stereocenters. The molecule has 0 aliphatic heterocycles. The molecular formula is C10H14N4O2S. The van der Waals surface area contributed by atoms with Crippen molar-refractivity contribution in [1.82, 2.24) is 19.8 Å². The largest absolute Gasteiger partial charge is 0.481 e. The molecule has 2 aromatic heterocycles. The molecule has 92 valence electrons. The van der Waals surface area contributed by atoms with Crippen LogP contribution in [-0.4, -0.2) is 30.9 Å². The highest BCUT2D eigenvalue weighted by molar-refractivity contribution is 7.16. The average Bonchev–Trinajstić information content (AvgIpc) is 2.70. The lowest BCUT2D eigenvalue weighted by Gasteiger charge is -2.13. The van der Waals surface area contributed by atoms with Gasteiger partial charge in [-0.3, -0.25) is 4.79 Å². The third-order valence-corrected chi connectivity index (χ3v) is 3.21. The molecule has 0 bridgehead atoms. The van der Waals surface area contributed by atoms with E-state index in [1.807, 2.05) is 20.8 Å². The van der Waals surface area contributed by atoms with E-state index < -0.39 is 5.97 Å². The summed E-state index contributed by atoms with van der Waals surface area (Å²) in [6.07, 6.45) is 0.530. The molecule has 0 radical (unpaired) electrons. The highest BCUT2D eigenvalue weighted by atomic mass is 32.1. The van der Waals surface area contributed by atoms with E-state index in [9.17, 15) is 4.79 Å². The summed E-state index contributed by atoms with van der Waals surface area (Å²) in [6.45, 7) is 6.12. The summed E-state index contributed by atoms with van der Waals surface area (Å²) < 4.78 is 1.71. The monoisotopic (exact) mass is 254 g/mol. The van der Waals surface area contributed by atoms with Gasteiger partial charge in [-0.05, 0) is 0 Å². The fourth-order valence-electron chi connectivity index (χ4n) is 1.44. The predicted molar refractivity (Wildman–Crippen MR) is 63.3 cm³/mol. The Labute approximate surface area is 102 Å². The second-order valence-electron chi connectivity index (χ2n) is 4.86. The first-order chi connectivity index (χ1) is 7.88. The van der Waals surface area contributed by atoms with Crippen molar-refractivity contribution in [2.24, 2.45) is 0 Å².